The first kappa shape index (κ1) is 19.9. The molecule has 3 aromatic rings. The van der Waals surface area contributed by atoms with Crippen LogP contribution in [0.5, 0.6) is 0 Å². The molecule has 0 fully saturated rings. The van der Waals surface area contributed by atoms with Crippen molar-refractivity contribution in [2.75, 3.05) is 14.2 Å². The highest BCUT2D eigenvalue weighted by atomic mass is 16.5. The fraction of sp³-hybridized carbons (Fsp3) is 0.167. The zero-order valence-electron chi connectivity index (χ0n) is 17.6. The summed E-state index contributed by atoms with van der Waals surface area (Å²) >= 11 is 0. The molecule has 2 aliphatic rings. The Balaban J connectivity index is 1.69. The van der Waals surface area contributed by atoms with Crippen molar-refractivity contribution in [1.82, 2.24) is 20.2 Å². The number of aliphatic imine (C=N–C) groups is 1. The number of imidazole rings is 1. The van der Waals surface area contributed by atoms with E-state index in [4.69, 9.17) is 9.72 Å². The molecule has 3 amide bonds. The van der Waals surface area contributed by atoms with E-state index in [-0.39, 0.29) is 18.0 Å². The lowest BCUT2D eigenvalue weighted by Gasteiger charge is -2.19. The molecule has 0 saturated heterocycles. The number of ether oxygens (including phenoxy) is 1. The van der Waals surface area contributed by atoms with Crippen LogP contribution in [-0.4, -0.2) is 41.4 Å². The van der Waals surface area contributed by atoms with Crippen LogP contribution in [0.25, 0.3) is 22.4 Å². The van der Waals surface area contributed by atoms with E-state index < -0.39 is 0 Å². The van der Waals surface area contributed by atoms with Crippen LogP contribution in [0.4, 0.5) is 4.79 Å². The van der Waals surface area contributed by atoms with Crippen LogP contribution in [0.2, 0.25) is 0 Å². The molecule has 1 aliphatic heterocycles. The Morgan fingerprint density at radius 2 is 2.12 bits per heavy atom. The van der Waals surface area contributed by atoms with Gasteiger partial charge in [-0.3, -0.25) is 4.79 Å². The number of carbonyl (C=O) groups excluding carboxylic acids is 2. The molecule has 160 valence electrons. The lowest BCUT2D eigenvalue weighted by molar-refractivity contribution is 0.0963. The molecule has 32 heavy (non-hydrogen) atoms. The normalized spacial score (nSPS) is 17.1. The van der Waals surface area contributed by atoms with Gasteiger partial charge in [-0.05, 0) is 42.0 Å². The number of hydrogen-bond donors (Lipinski definition) is 2. The summed E-state index contributed by atoms with van der Waals surface area (Å²) in [5, 5.41) is 5.43. The molecular formula is C24H21N5O3. The zero-order valence-corrected chi connectivity index (χ0v) is 17.6. The van der Waals surface area contributed by atoms with Gasteiger partial charge < -0.3 is 19.9 Å². The molecule has 1 aromatic heterocycles. The van der Waals surface area contributed by atoms with Gasteiger partial charge in [0.15, 0.2) is 0 Å². The van der Waals surface area contributed by atoms with Crippen molar-refractivity contribution in [3.8, 4) is 11.4 Å². The van der Waals surface area contributed by atoms with Crippen molar-refractivity contribution < 1.29 is 14.3 Å². The predicted molar refractivity (Wildman–Crippen MR) is 121 cm³/mol. The monoisotopic (exact) mass is 427 g/mol. The van der Waals surface area contributed by atoms with Gasteiger partial charge in [-0.2, -0.15) is 4.99 Å². The summed E-state index contributed by atoms with van der Waals surface area (Å²) in [4.78, 5) is 32.7. The third-order valence-electron chi connectivity index (χ3n) is 5.50. The molecule has 5 rings (SSSR count). The summed E-state index contributed by atoms with van der Waals surface area (Å²) in [7, 11) is 3.27. The average molecular weight is 427 g/mol. The van der Waals surface area contributed by atoms with Crippen LogP contribution in [0.1, 0.15) is 22.0 Å². The number of allylic oxidation sites excluding steroid dienone is 3. The summed E-state index contributed by atoms with van der Waals surface area (Å²) in [6.45, 7) is 0.494. The first-order chi connectivity index (χ1) is 15.6. The summed E-state index contributed by atoms with van der Waals surface area (Å²) in [6.07, 6.45) is 5.78. The van der Waals surface area contributed by atoms with Crippen molar-refractivity contribution in [3.05, 3.63) is 77.5 Å². The Labute approximate surface area is 184 Å². The van der Waals surface area contributed by atoms with Crippen LogP contribution in [0.3, 0.4) is 0 Å². The molecule has 8 heteroatoms. The number of rotatable bonds is 5. The lowest BCUT2D eigenvalue weighted by Crippen LogP contribution is -2.19. The standard InChI is InChI=1S/C24H21N5O3/c1-25-23(30)16-6-9-21-20(11-16)26-22(15-5-3-4-14(10-15)13-32-2)29(21)17-7-8-18-19(12-17)28-24(31)27-18/h3-12,17H,13H2,1-2H3,(H,25,30)(H,28,31). The van der Waals surface area contributed by atoms with Crippen LogP contribution >= 0.6 is 0 Å². The summed E-state index contributed by atoms with van der Waals surface area (Å²) in [5.74, 6) is 0.586. The highest BCUT2D eigenvalue weighted by molar-refractivity contribution is 6.19. The van der Waals surface area contributed by atoms with Crippen LogP contribution in [0, 0.1) is 0 Å². The third kappa shape index (κ3) is 3.40. The molecular weight excluding hydrogens is 406 g/mol. The highest BCUT2D eigenvalue weighted by Crippen LogP contribution is 2.33. The minimum Gasteiger partial charge on any atom is -0.380 e. The Kier molecular flexibility index (Phi) is 4.91. The fourth-order valence-electron chi connectivity index (χ4n) is 4.06. The minimum absolute atomic E-state index is 0.167. The summed E-state index contributed by atoms with van der Waals surface area (Å²) in [5.41, 5.74) is 5.40. The molecule has 2 N–H and O–H groups in total. The number of amides is 3. The van der Waals surface area contributed by atoms with Crippen molar-refractivity contribution in [1.29, 1.82) is 0 Å². The fourth-order valence-corrected chi connectivity index (χ4v) is 4.06. The van der Waals surface area contributed by atoms with Crippen LogP contribution < -0.4 is 10.6 Å². The largest absolute Gasteiger partial charge is 0.380 e. The predicted octanol–water partition coefficient (Wildman–Crippen LogP) is 3.37. The van der Waals surface area contributed by atoms with Gasteiger partial charge in [-0.25, -0.2) is 9.78 Å². The van der Waals surface area contributed by atoms with Crippen molar-refractivity contribution in [2.45, 2.75) is 12.6 Å². The molecule has 2 aromatic carbocycles. The number of aromatic nitrogens is 2. The van der Waals surface area contributed by atoms with Crippen LogP contribution in [0.15, 0.2) is 71.4 Å². The number of urea groups is 1. The SMILES string of the molecule is CNC(=O)c1ccc2c(c1)nc(-c1cccc(COC)c1)n2C1C=CC2=NC(=O)NC2=C1. The van der Waals surface area contributed by atoms with E-state index in [0.717, 1.165) is 22.5 Å². The lowest BCUT2D eigenvalue weighted by atomic mass is 10.0. The van der Waals surface area contributed by atoms with E-state index in [1.54, 1.807) is 26.3 Å². The van der Waals surface area contributed by atoms with E-state index in [0.29, 0.717) is 29.1 Å². The molecule has 1 atom stereocenters. The van der Waals surface area contributed by atoms with E-state index in [2.05, 4.69) is 20.2 Å². The summed E-state index contributed by atoms with van der Waals surface area (Å²) in [6, 6.07) is 12.9. The molecule has 0 radical (unpaired) electrons. The number of hydrogen-bond acceptors (Lipinski definition) is 4. The Morgan fingerprint density at radius 3 is 2.94 bits per heavy atom. The molecule has 1 unspecified atom stereocenters. The number of benzene rings is 2. The average Bonchev–Trinajstić information content (AvgIpc) is 3.37. The van der Waals surface area contributed by atoms with E-state index in [1.165, 1.54) is 0 Å². The van der Waals surface area contributed by atoms with E-state index in [1.807, 2.05) is 48.6 Å². The number of carbonyl (C=O) groups is 2. The second-order valence-electron chi connectivity index (χ2n) is 7.58. The van der Waals surface area contributed by atoms with Crippen molar-refractivity contribution in [2.24, 2.45) is 4.99 Å². The minimum atomic E-state index is -0.366. The van der Waals surface area contributed by atoms with Gasteiger partial charge in [0.05, 0.1) is 35.1 Å². The molecule has 0 spiro atoms. The van der Waals surface area contributed by atoms with Crippen molar-refractivity contribution in [3.63, 3.8) is 0 Å². The van der Waals surface area contributed by atoms with Gasteiger partial charge in [-0.15, -0.1) is 0 Å². The van der Waals surface area contributed by atoms with Gasteiger partial charge >= 0.3 is 6.03 Å². The molecule has 8 nitrogen and oxygen atoms in total. The van der Waals surface area contributed by atoms with E-state index >= 15 is 0 Å². The second kappa shape index (κ2) is 7.90. The molecule has 0 bridgehead atoms. The first-order valence-electron chi connectivity index (χ1n) is 10.2. The highest BCUT2D eigenvalue weighted by Gasteiger charge is 2.25. The molecule has 0 saturated carbocycles. The van der Waals surface area contributed by atoms with Gasteiger partial charge in [0.25, 0.3) is 5.91 Å². The van der Waals surface area contributed by atoms with Gasteiger partial charge in [0.2, 0.25) is 0 Å². The maximum absolute atomic E-state index is 12.2. The zero-order chi connectivity index (χ0) is 22.2. The van der Waals surface area contributed by atoms with Gasteiger partial charge in [-0.1, -0.05) is 24.3 Å². The Bertz CT molecular complexity index is 1350. The van der Waals surface area contributed by atoms with Crippen molar-refractivity contribution >= 4 is 28.7 Å². The van der Waals surface area contributed by atoms with Gasteiger partial charge in [0, 0.05) is 25.3 Å². The summed E-state index contributed by atoms with van der Waals surface area (Å²) < 4.78 is 7.39. The maximum Gasteiger partial charge on any atom is 0.346 e. The van der Waals surface area contributed by atoms with Crippen LogP contribution in [-0.2, 0) is 11.3 Å². The smallest absolute Gasteiger partial charge is 0.346 e. The first-order valence-corrected chi connectivity index (χ1v) is 10.2. The molecule has 2 heterocycles. The van der Waals surface area contributed by atoms with Gasteiger partial charge in [0.1, 0.15) is 5.82 Å². The Morgan fingerprint density at radius 1 is 1.25 bits per heavy atom. The number of fused-ring (bicyclic) bond motifs is 2. The third-order valence-corrected chi connectivity index (χ3v) is 5.50. The topological polar surface area (TPSA) is 97.6 Å². The number of nitrogens with zero attached hydrogens (tertiary/aromatic N) is 3. The number of nitrogens with one attached hydrogen (secondary N) is 2. The maximum atomic E-state index is 12.2. The quantitative estimate of drug-likeness (QED) is 0.652. The number of methoxy groups -OCH3 is 1. The van der Waals surface area contributed by atoms with E-state index in [9.17, 15) is 9.59 Å². The molecule has 1 aliphatic carbocycles. The Hall–Kier alpha value is -4.04. The second-order valence-corrected chi connectivity index (χ2v) is 7.58.